The first-order valence-electron chi connectivity index (χ1n) is 9.00. The molecule has 1 saturated heterocycles. The molecule has 0 unspecified atom stereocenters. The van der Waals surface area contributed by atoms with Gasteiger partial charge in [-0.1, -0.05) is 38.2 Å². The summed E-state index contributed by atoms with van der Waals surface area (Å²) >= 11 is 0. The van der Waals surface area contributed by atoms with E-state index in [9.17, 15) is 0 Å². The minimum absolute atomic E-state index is 0.346. The van der Waals surface area contributed by atoms with Crippen LogP contribution in [0.5, 0.6) is 11.5 Å². The van der Waals surface area contributed by atoms with Crippen LogP contribution >= 0.6 is 0 Å². The molecule has 2 aliphatic rings. The molecule has 1 heterocycles. The summed E-state index contributed by atoms with van der Waals surface area (Å²) in [6, 6.07) is 8.15. The molecule has 0 bridgehead atoms. The van der Waals surface area contributed by atoms with Crippen LogP contribution in [0.25, 0.3) is 0 Å². The second kappa shape index (κ2) is 8.42. The average Bonchev–Trinajstić information content (AvgIpc) is 2.57. The van der Waals surface area contributed by atoms with Gasteiger partial charge in [-0.3, -0.25) is 0 Å². The molecule has 3 nitrogen and oxygen atoms in total. The maximum absolute atomic E-state index is 6.07. The minimum atomic E-state index is 0.346. The molecule has 1 saturated carbocycles. The zero-order valence-electron chi connectivity index (χ0n) is 13.6. The Morgan fingerprint density at radius 2 is 1.73 bits per heavy atom. The highest BCUT2D eigenvalue weighted by Gasteiger charge is 2.15. The molecule has 1 aromatic rings. The van der Waals surface area contributed by atoms with Crippen molar-refractivity contribution in [1.82, 2.24) is 5.32 Å². The van der Waals surface area contributed by atoms with Crippen molar-refractivity contribution >= 4 is 0 Å². The minimum Gasteiger partial charge on any atom is -0.493 e. The van der Waals surface area contributed by atoms with E-state index in [4.69, 9.17) is 9.47 Å². The van der Waals surface area contributed by atoms with Crippen molar-refractivity contribution in [2.45, 2.75) is 57.5 Å². The Kier molecular flexibility index (Phi) is 6.00. The molecule has 0 spiro atoms. The van der Waals surface area contributed by atoms with E-state index in [0.29, 0.717) is 6.10 Å². The Morgan fingerprint density at radius 1 is 0.955 bits per heavy atom. The Balaban J connectivity index is 1.43. The van der Waals surface area contributed by atoms with Gasteiger partial charge in [-0.15, -0.1) is 0 Å². The van der Waals surface area contributed by atoms with Gasteiger partial charge in [-0.05, 0) is 50.4 Å². The molecule has 0 amide bonds. The zero-order chi connectivity index (χ0) is 15.0. The predicted molar refractivity (Wildman–Crippen MR) is 89.6 cm³/mol. The summed E-state index contributed by atoms with van der Waals surface area (Å²) in [5.74, 6) is 2.77. The predicted octanol–water partition coefficient (Wildman–Crippen LogP) is 4.17. The number of nitrogens with one attached hydrogen (secondary N) is 1. The van der Waals surface area contributed by atoms with E-state index in [1.165, 1.54) is 38.5 Å². The summed E-state index contributed by atoms with van der Waals surface area (Å²) in [6.45, 7) is 2.95. The smallest absolute Gasteiger partial charge is 0.123 e. The van der Waals surface area contributed by atoms with Crippen molar-refractivity contribution in [2.75, 3.05) is 19.7 Å². The van der Waals surface area contributed by atoms with Gasteiger partial charge in [0.05, 0.1) is 6.61 Å². The molecule has 3 rings (SSSR count). The number of hydrogen-bond donors (Lipinski definition) is 1. The fraction of sp³-hybridized carbons (Fsp3) is 0.684. The first kappa shape index (κ1) is 15.7. The Bertz CT molecular complexity index is 437. The monoisotopic (exact) mass is 303 g/mol. The summed E-state index contributed by atoms with van der Waals surface area (Å²) < 4.78 is 12.0. The van der Waals surface area contributed by atoms with Gasteiger partial charge in [0.25, 0.3) is 0 Å². The number of hydrogen-bond acceptors (Lipinski definition) is 3. The quantitative estimate of drug-likeness (QED) is 0.855. The normalized spacial score (nSPS) is 20.7. The molecule has 0 atom stereocenters. The van der Waals surface area contributed by atoms with Crippen LogP contribution in [0.1, 0.15) is 51.4 Å². The highest BCUT2D eigenvalue weighted by molar-refractivity contribution is 5.33. The van der Waals surface area contributed by atoms with E-state index < -0.39 is 0 Å². The standard InChI is InChI=1S/C19H29NO2/c1-2-5-16(6-3-1)11-14-21-18-7-4-8-19(15-18)22-17-9-12-20-13-10-17/h4,7-8,15-17,20H,1-3,5-6,9-14H2. The summed E-state index contributed by atoms with van der Waals surface area (Å²) in [5, 5.41) is 3.37. The molecule has 1 aliphatic heterocycles. The molecule has 1 aliphatic carbocycles. The van der Waals surface area contributed by atoms with Crippen molar-refractivity contribution in [2.24, 2.45) is 5.92 Å². The molecule has 2 fully saturated rings. The molecule has 0 radical (unpaired) electrons. The fourth-order valence-electron chi connectivity index (χ4n) is 3.56. The summed E-state index contributed by atoms with van der Waals surface area (Å²) in [7, 11) is 0. The van der Waals surface area contributed by atoms with Crippen LogP contribution in [0.2, 0.25) is 0 Å². The summed E-state index contributed by atoms with van der Waals surface area (Å²) in [5.41, 5.74) is 0. The van der Waals surface area contributed by atoms with Crippen molar-refractivity contribution < 1.29 is 9.47 Å². The van der Waals surface area contributed by atoms with E-state index in [0.717, 1.165) is 50.0 Å². The Morgan fingerprint density at radius 3 is 2.55 bits per heavy atom. The SMILES string of the molecule is c1cc(OCCC2CCCCC2)cc(OC2CCNCC2)c1. The lowest BCUT2D eigenvalue weighted by Gasteiger charge is -2.24. The van der Waals surface area contributed by atoms with Crippen LogP contribution in [-0.4, -0.2) is 25.8 Å². The van der Waals surface area contributed by atoms with Crippen molar-refractivity contribution in [3.8, 4) is 11.5 Å². The second-order valence-corrected chi connectivity index (χ2v) is 6.68. The maximum Gasteiger partial charge on any atom is 0.123 e. The number of ether oxygens (including phenoxy) is 2. The topological polar surface area (TPSA) is 30.5 Å². The van der Waals surface area contributed by atoms with E-state index in [1.54, 1.807) is 0 Å². The van der Waals surface area contributed by atoms with E-state index in [2.05, 4.69) is 5.32 Å². The molecular weight excluding hydrogens is 274 g/mol. The van der Waals surface area contributed by atoms with Gasteiger partial charge in [0, 0.05) is 6.07 Å². The number of rotatable bonds is 6. The van der Waals surface area contributed by atoms with Crippen molar-refractivity contribution in [1.29, 1.82) is 0 Å². The molecule has 0 aromatic heterocycles. The van der Waals surface area contributed by atoms with E-state index in [1.807, 2.05) is 24.3 Å². The molecular formula is C19H29NO2. The van der Waals surface area contributed by atoms with Crippen molar-refractivity contribution in [3.05, 3.63) is 24.3 Å². The highest BCUT2D eigenvalue weighted by atomic mass is 16.5. The first-order valence-corrected chi connectivity index (χ1v) is 9.00. The molecule has 122 valence electrons. The van der Waals surface area contributed by atoms with Gasteiger partial charge in [-0.2, -0.15) is 0 Å². The van der Waals surface area contributed by atoms with Gasteiger partial charge in [0.2, 0.25) is 0 Å². The lowest BCUT2D eigenvalue weighted by atomic mass is 9.87. The van der Waals surface area contributed by atoms with Gasteiger partial charge >= 0.3 is 0 Å². The average molecular weight is 303 g/mol. The summed E-state index contributed by atoms with van der Waals surface area (Å²) in [4.78, 5) is 0. The number of benzene rings is 1. The van der Waals surface area contributed by atoms with Crippen LogP contribution < -0.4 is 14.8 Å². The lowest BCUT2D eigenvalue weighted by molar-refractivity contribution is 0.161. The molecule has 1 aromatic carbocycles. The second-order valence-electron chi connectivity index (χ2n) is 6.68. The van der Waals surface area contributed by atoms with Gasteiger partial charge in [0.1, 0.15) is 17.6 Å². The fourth-order valence-corrected chi connectivity index (χ4v) is 3.56. The molecule has 1 N–H and O–H groups in total. The van der Waals surface area contributed by atoms with Gasteiger partial charge in [-0.25, -0.2) is 0 Å². The van der Waals surface area contributed by atoms with Crippen LogP contribution in [-0.2, 0) is 0 Å². The third-order valence-electron chi connectivity index (χ3n) is 4.91. The summed E-state index contributed by atoms with van der Waals surface area (Å²) in [6.07, 6.45) is 10.7. The van der Waals surface area contributed by atoms with E-state index in [-0.39, 0.29) is 0 Å². The van der Waals surface area contributed by atoms with E-state index >= 15 is 0 Å². The van der Waals surface area contributed by atoms with Gasteiger partial charge < -0.3 is 14.8 Å². The zero-order valence-corrected chi connectivity index (χ0v) is 13.6. The third kappa shape index (κ3) is 4.91. The van der Waals surface area contributed by atoms with Crippen LogP contribution in [0.3, 0.4) is 0 Å². The van der Waals surface area contributed by atoms with Crippen LogP contribution in [0, 0.1) is 5.92 Å². The number of piperidine rings is 1. The third-order valence-corrected chi connectivity index (χ3v) is 4.91. The largest absolute Gasteiger partial charge is 0.493 e. The van der Waals surface area contributed by atoms with Crippen molar-refractivity contribution in [3.63, 3.8) is 0 Å². The molecule has 22 heavy (non-hydrogen) atoms. The lowest BCUT2D eigenvalue weighted by Crippen LogP contribution is -2.34. The Labute approximate surface area is 134 Å². The maximum atomic E-state index is 6.07. The Hall–Kier alpha value is -1.22. The first-order chi connectivity index (χ1) is 10.9. The van der Waals surface area contributed by atoms with Crippen LogP contribution in [0.4, 0.5) is 0 Å². The highest BCUT2D eigenvalue weighted by Crippen LogP contribution is 2.27. The molecule has 3 heteroatoms. The van der Waals surface area contributed by atoms with Gasteiger partial charge in [0.15, 0.2) is 0 Å². The van der Waals surface area contributed by atoms with Crippen LogP contribution in [0.15, 0.2) is 24.3 Å².